The lowest BCUT2D eigenvalue weighted by Crippen LogP contribution is -2.40. The van der Waals surface area contributed by atoms with E-state index < -0.39 is 10.0 Å². The normalized spacial score (nSPS) is 14.4. The van der Waals surface area contributed by atoms with Crippen molar-refractivity contribution in [1.29, 1.82) is 0 Å². The molecular formula is C18H19N3O3S2. The van der Waals surface area contributed by atoms with Crippen LogP contribution in [0, 0.1) is 0 Å². The van der Waals surface area contributed by atoms with Crippen LogP contribution in [-0.4, -0.2) is 50.1 Å². The van der Waals surface area contributed by atoms with Gasteiger partial charge in [0.15, 0.2) is 5.84 Å². The van der Waals surface area contributed by atoms with Gasteiger partial charge < -0.3 is 9.80 Å². The second-order valence-corrected chi connectivity index (χ2v) is 8.49. The largest absolute Gasteiger partial charge is 0.349 e. The number of likely N-dealkylation sites (N-methyl/N-ethyl adjacent to an activating group) is 1. The lowest BCUT2D eigenvalue weighted by molar-refractivity contribution is -0.131. The zero-order valence-electron chi connectivity index (χ0n) is 14.3. The van der Waals surface area contributed by atoms with Crippen LogP contribution < -0.4 is 0 Å². The first kappa shape index (κ1) is 18.3. The third-order valence-electron chi connectivity index (χ3n) is 3.98. The molecule has 136 valence electrons. The van der Waals surface area contributed by atoms with Crippen LogP contribution in [0.5, 0.6) is 0 Å². The van der Waals surface area contributed by atoms with Gasteiger partial charge in [-0.2, -0.15) is 8.42 Å². The predicted octanol–water partition coefficient (Wildman–Crippen LogP) is 2.34. The van der Waals surface area contributed by atoms with Crippen LogP contribution in [-0.2, 0) is 21.4 Å². The van der Waals surface area contributed by atoms with Gasteiger partial charge in [-0.25, -0.2) is 0 Å². The molecule has 0 spiro atoms. The quantitative estimate of drug-likeness (QED) is 0.711. The summed E-state index contributed by atoms with van der Waals surface area (Å²) >= 11 is 1.58. The molecular weight excluding hydrogens is 370 g/mol. The molecule has 1 aliphatic rings. The number of amides is 1. The summed E-state index contributed by atoms with van der Waals surface area (Å²) in [4.78, 5) is 17.3. The number of fused-ring (bicyclic) bond motifs is 1. The van der Waals surface area contributed by atoms with E-state index >= 15 is 0 Å². The van der Waals surface area contributed by atoms with Crippen molar-refractivity contribution in [3.63, 3.8) is 0 Å². The molecule has 26 heavy (non-hydrogen) atoms. The number of nitrogens with zero attached hydrogens (tertiary/aromatic N) is 3. The number of amidine groups is 1. The highest BCUT2D eigenvalue weighted by atomic mass is 32.2. The highest BCUT2D eigenvalue weighted by molar-refractivity contribution is 7.90. The molecule has 2 aromatic rings. The van der Waals surface area contributed by atoms with Crippen molar-refractivity contribution in [2.75, 3.05) is 20.1 Å². The molecule has 1 aromatic carbocycles. The molecule has 0 unspecified atom stereocenters. The van der Waals surface area contributed by atoms with E-state index in [9.17, 15) is 13.2 Å². The Labute approximate surface area is 157 Å². The first-order valence-electron chi connectivity index (χ1n) is 7.99. The summed E-state index contributed by atoms with van der Waals surface area (Å²) in [7, 11) is -2.03. The van der Waals surface area contributed by atoms with Gasteiger partial charge in [0.25, 0.3) is 10.0 Å². The van der Waals surface area contributed by atoms with E-state index in [2.05, 4.69) is 11.0 Å². The molecule has 0 fully saturated rings. The molecule has 0 atom stereocenters. The molecule has 0 bridgehead atoms. The van der Waals surface area contributed by atoms with Gasteiger partial charge in [-0.05, 0) is 23.6 Å². The van der Waals surface area contributed by atoms with Crippen molar-refractivity contribution < 1.29 is 13.2 Å². The molecule has 1 amide bonds. The van der Waals surface area contributed by atoms with E-state index in [0.717, 1.165) is 4.88 Å². The predicted molar refractivity (Wildman–Crippen MR) is 103 cm³/mol. The number of benzene rings is 1. The Kier molecular flexibility index (Phi) is 5.24. The van der Waals surface area contributed by atoms with Crippen molar-refractivity contribution >= 4 is 33.1 Å². The lowest BCUT2D eigenvalue weighted by atomic mass is 10.2. The van der Waals surface area contributed by atoms with Gasteiger partial charge >= 0.3 is 0 Å². The van der Waals surface area contributed by atoms with Gasteiger partial charge in [-0.1, -0.05) is 24.3 Å². The van der Waals surface area contributed by atoms with E-state index in [1.54, 1.807) is 52.5 Å². The Morgan fingerprint density at radius 2 is 2.04 bits per heavy atom. The van der Waals surface area contributed by atoms with Crippen molar-refractivity contribution in [3.8, 4) is 0 Å². The molecule has 0 radical (unpaired) electrons. The number of hydrogen-bond acceptors (Lipinski definition) is 5. The van der Waals surface area contributed by atoms with Gasteiger partial charge in [0, 0.05) is 24.0 Å². The Morgan fingerprint density at radius 1 is 1.27 bits per heavy atom. The smallest absolute Gasteiger partial charge is 0.285 e. The molecule has 0 saturated heterocycles. The summed E-state index contributed by atoms with van der Waals surface area (Å²) in [6, 6.07) is 10.6. The molecule has 8 heteroatoms. The monoisotopic (exact) mass is 389 g/mol. The Morgan fingerprint density at radius 3 is 2.73 bits per heavy atom. The third kappa shape index (κ3) is 3.71. The van der Waals surface area contributed by atoms with Crippen molar-refractivity contribution in [2.45, 2.75) is 11.4 Å². The van der Waals surface area contributed by atoms with Crippen LogP contribution in [0.3, 0.4) is 0 Å². The van der Waals surface area contributed by atoms with Crippen LogP contribution in [0.1, 0.15) is 10.4 Å². The average molecular weight is 390 g/mol. The number of sulfonamides is 1. The Hall–Kier alpha value is -2.45. The molecule has 0 aliphatic carbocycles. The van der Waals surface area contributed by atoms with Gasteiger partial charge in [-0.15, -0.1) is 22.3 Å². The van der Waals surface area contributed by atoms with Crippen LogP contribution in [0.4, 0.5) is 0 Å². The standard InChI is InChI=1S/C18H19N3O3S2/c1-3-10-21(12-14-7-6-11-25-14)17(22)13-20(2)18-15-8-4-5-9-16(15)26(23,24)19-18/h3-9,11H,1,10,12-13H2,2H3. The summed E-state index contributed by atoms with van der Waals surface area (Å²) in [6.07, 6.45) is 1.68. The van der Waals surface area contributed by atoms with Crippen LogP contribution >= 0.6 is 11.3 Å². The van der Waals surface area contributed by atoms with Crippen molar-refractivity contribution in [1.82, 2.24) is 9.80 Å². The van der Waals surface area contributed by atoms with Crippen molar-refractivity contribution in [3.05, 3.63) is 64.9 Å². The molecule has 0 N–H and O–H groups in total. The zero-order valence-corrected chi connectivity index (χ0v) is 16.0. The second-order valence-electron chi connectivity index (χ2n) is 5.88. The van der Waals surface area contributed by atoms with E-state index in [4.69, 9.17) is 0 Å². The summed E-state index contributed by atoms with van der Waals surface area (Å²) in [6.45, 7) is 4.66. The zero-order chi connectivity index (χ0) is 18.7. The maximum atomic E-state index is 12.7. The highest BCUT2D eigenvalue weighted by Crippen LogP contribution is 2.27. The number of carbonyl (C=O) groups is 1. The van der Waals surface area contributed by atoms with Gasteiger partial charge in [0.1, 0.15) is 4.90 Å². The summed E-state index contributed by atoms with van der Waals surface area (Å²) in [5, 5.41) is 1.97. The van der Waals surface area contributed by atoms with E-state index in [1.165, 1.54) is 6.07 Å². The summed E-state index contributed by atoms with van der Waals surface area (Å²) < 4.78 is 28.2. The molecule has 1 aromatic heterocycles. The Balaban J connectivity index is 1.77. The van der Waals surface area contributed by atoms with Crippen LogP contribution in [0.25, 0.3) is 0 Å². The average Bonchev–Trinajstić information content (AvgIpc) is 3.21. The van der Waals surface area contributed by atoms with Crippen molar-refractivity contribution in [2.24, 2.45) is 4.40 Å². The summed E-state index contributed by atoms with van der Waals surface area (Å²) in [5.74, 6) is 0.175. The minimum atomic E-state index is -3.70. The molecule has 1 aliphatic heterocycles. The minimum absolute atomic E-state index is 0.0297. The molecule has 0 saturated carbocycles. The second kappa shape index (κ2) is 7.43. The van der Waals surface area contributed by atoms with Gasteiger partial charge in [0.2, 0.25) is 5.91 Å². The fourth-order valence-corrected chi connectivity index (χ4v) is 4.71. The number of hydrogen-bond donors (Lipinski definition) is 0. The van der Waals surface area contributed by atoms with Crippen LogP contribution in [0.15, 0.2) is 63.7 Å². The maximum absolute atomic E-state index is 12.7. The first-order chi connectivity index (χ1) is 12.4. The number of thiophene rings is 1. The topological polar surface area (TPSA) is 70.1 Å². The molecule has 2 heterocycles. The molecule has 3 rings (SSSR count). The fraction of sp³-hybridized carbons (Fsp3) is 0.222. The third-order valence-corrected chi connectivity index (χ3v) is 6.16. The maximum Gasteiger partial charge on any atom is 0.285 e. The van der Waals surface area contributed by atoms with E-state index in [0.29, 0.717) is 24.5 Å². The van der Waals surface area contributed by atoms with Gasteiger partial charge in [-0.3, -0.25) is 4.79 Å². The van der Waals surface area contributed by atoms with E-state index in [1.807, 2.05) is 17.5 Å². The lowest BCUT2D eigenvalue weighted by Gasteiger charge is -2.25. The number of rotatable bonds is 6. The fourth-order valence-electron chi connectivity index (χ4n) is 2.74. The van der Waals surface area contributed by atoms with Crippen LogP contribution in [0.2, 0.25) is 0 Å². The highest BCUT2D eigenvalue weighted by Gasteiger charge is 2.31. The van der Waals surface area contributed by atoms with E-state index in [-0.39, 0.29) is 17.3 Å². The molecule has 6 nitrogen and oxygen atoms in total. The summed E-state index contributed by atoms with van der Waals surface area (Å²) in [5.41, 5.74) is 0.524. The first-order valence-corrected chi connectivity index (χ1v) is 10.3. The van der Waals surface area contributed by atoms with Gasteiger partial charge in [0.05, 0.1) is 13.1 Å². The Bertz CT molecular complexity index is 950. The SMILES string of the molecule is C=CCN(Cc1cccs1)C(=O)CN(C)C1=NS(=O)(=O)c2ccccc21. The number of carbonyl (C=O) groups excluding carboxylic acids is 1. The minimum Gasteiger partial charge on any atom is -0.349 e.